The standard InChI is InChI=1S/C3H8FN.2C3H8/c1-3(5)2-4;2*1-3-2/h3H,2,5H2,1H3;2*3H2,1-2H3. The van der Waals surface area contributed by atoms with E-state index in [2.05, 4.69) is 27.7 Å². The summed E-state index contributed by atoms with van der Waals surface area (Å²) < 4.78 is 11.0. The van der Waals surface area contributed by atoms with Crippen LogP contribution in [0.25, 0.3) is 0 Å². The zero-order valence-electron chi connectivity index (χ0n) is 8.65. The molecule has 0 spiro atoms. The van der Waals surface area contributed by atoms with Crippen molar-refractivity contribution in [1.82, 2.24) is 0 Å². The fourth-order valence-corrected chi connectivity index (χ4v) is 0. The summed E-state index contributed by atoms with van der Waals surface area (Å²) >= 11 is 0. The summed E-state index contributed by atoms with van der Waals surface area (Å²) in [6.45, 7) is 9.71. The first kappa shape index (κ1) is 17.1. The Balaban J connectivity index is -0.0000000933. The fraction of sp³-hybridized carbons (Fsp3) is 1.00. The predicted octanol–water partition coefficient (Wildman–Crippen LogP) is 3.14. The molecule has 0 aromatic rings. The highest BCUT2D eigenvalue weighted by Gasteiger charge is 1.83. The molecule has 0 radical (unpaired) electrons. The molecule has 0 aromatic carbocycles. The Morgan fingerprint density at radius 2 is 1.18 bits per heavy atom. The molecule has 2 N–H and O–H groups in total. The van der Waals surface area contributed by atoms with Gasteiger partial charge < -0.3 is 5.73 Å². The summed E-state index contributed by atoms with van der Waals surface area (Å²) in [5.74, 6) is 0. The van der Waals surface area contributed by atoms with Gasteiger partial charge in [0.05, 0.1) is 0 Å². The minimum atomic E-state index is -0.417. The maximum absolute atomic E-state index is 11.0. The average Bonchev–Trinajstić information content (AvgIpc) is 1.91. The topological polar surface area (TPSA) is 26.0 Å². The van der Waals surface area contributed by atoms with E-state index in [9.17, 15) is 4.39 Å². The van der Waals surface area contributed by atoms with Crippen LogP contribution in [0.15, 0.2) is 0 Å². The van der Waals surface area contributed by atoms with E-state index in [1.165, 1.54) is 12.8 Å². The molecular weight excluding hydrogens is 141 g/mol. The second-order valence-electron chi connectivity index (χ2n) is 2.55. The molecule has 0 bridgehead atoms. The summed E-state index contributed by atoms with van der Waals surface area (Å²) in [4.78, 5) is 0. The number of hydrogen-bond donors (Lipinski definition) is 1. The Kier molecular flexibility index (Phi) is 35.0. The lowest BCUT2D eigenvalue weighted by molar-refractivity contribution is 0.445. The van der Waals surface area contributed by atoms with Crippen LogP contribution in [0, 0.1) is 0 Å². The number of hydrogen-bond acceptors (Lipinski definition) is 1. The van der Waals surface area contributed by atoms with E-state index in [1.807, 2.05) is 0 Å². The van der Waals surface area contributed by atoms with Crippen molar-refractivity contribution in [1.29, 1.82) is 0 Å². The lowest BCUT2D eigenvalue weighted by atomic mass is 10.4. The fourth-order valence-electron chi connectivity index (χ4n) is 0. The van der Waals surface area contributed by atoms with Crippen LogP contribution in [-0.4, -0.2) is 12.7 Å². The van der Waals surface area contributed by atoms with E-state index in [1.54, 1.807) is 6.92 Å². The maximum atomic E-state index is 11.0. The van der Waals surface area contributed by atoms with Gasteiger partial charge in [0.15, 0.2) is 0 Å². The van der Waals surface area contributed by atoms with Crippen molar-refractivity contribution in [2.45, 2.75) is 53.5 Å². The molecule has 0 aliphatic rings. The van der Waals surface area contributed by atoms with Crippen molar-refractivity contribution in [2.75, 3.05) is 6.67 Å². The summed E-state index contributed by atoms with van der Waals surface area (Å²) in [5, 5.41) is 0. The smallest absolute Gasteiger partial charge is 0.104 e. The number of alkyl halides is 1. The van der Waals surface area contributed by atoms with Crippen molar-refractivity contribution in [2.24, 2.45) is 5.73 Å². The molecule has 0 aliphatic heterocycles. The van der Waals surface area contributed by atoms with Gasteiger partial charge in [-0.05, 0) is 6.92 Å². The Morgan fingerprint density at radius 1 is 1.09 bits per heavy atom. The van der Waals surface area contributed by atoms with Gasteiger partial charge in [0.2, 0.25) is 0 Å². The molecule has 0 aliphatic carbocycles. The zero-order valence-corrected chi connectivity index (χ0v) is 8.65. The monoisotopic (exact) mass is 165 g/mol. The molecule has 0 aromatic heterocycles. The van der Waals surface area contributed by atoms with Crippen LogP contribution in [0.5, 0.6) is 0 Å². The Labute approximate surface area is 71.2 Å². The van der Waals surface area contributed by atoms with Gasteiger partial charge in [-0.1, -0.05) is 40.5 Å². The largest absolute Gasteiger partial charge is 0.326 e. The highest BCUT2D eigenvalue weighted by atomic mass is 19.1. The number of rotatable bonds is 1. The van der Waals surface area contributed by atoms with Crippen molar-refractivity contribution in [3.63, 3.8) is 0 Å². The van der Waals surface area contributed by atoms with Gasteiger partial charge in [-0.25, -0.2) is 4.39 Å². The van der Waals surface area contributed by atoms with Gasteiger partial charge in [-0.15, -0.1) is 0 Å². The summed E-state index contributed by atoms with van der Waals surface area (Å²) in [6, 6.07) is -0.282. The Hall–Kier alpha value is -0.110. The summed E-state index contributed by atoms with van der Waals surface area (Å²) in [5.41, 5.74) is 4.92. The maximum Gasteiger partial charge on any atom is 0.104 e. The van der Waals surface area contributed by atoms with Crippen LogP contribution in [0.2, 0.25) is 0 Å². The van der Waals surface area contributed by atoms with E-state index in [4.69, 9.17) is 5.73 Å². The molecule has 1 unspecified atom stereocenters. The van der Waals surface area contributed by atoms with Crippen LogP contribution in [0.4, 0.5) is 4.39 Å². The second-order valence-corrected chi connectivity index (χ2v) is 2.55. The molecule has 0 rings (SSSR count). The third-order valence-corrected chi connectivity index (χ3v) is 0.243. The lowest BCUT2D eigenvalue weighted by Gasteiger charge is -1.88. The number of halogens is 1. The van der Waals surface area contributed by atoms with Crippen molar-refractivity contribution in [3.8, 4) is 0 Å². The van der Waals surface area contributed by atoms with Gasteiger partial charge >= 0.3 is 0 Å². The van der Waals surface area contributed by atoms with E-state index >= 15 is 0 Å². The van der Waals surface area contributed by atoms with Gasteiger partial charge in [-0.3, -0.25) is 0 Å². The molecule has 1 nitrogen and oxygen atoms in total. The third kappa shape index (κ3) is 172. The van der Waals surface area contributed by atoms with Gasteiger partial charge in [0.25, 0.3) is 0 Å². The quantitative estimate of drug-likeness (QED) is 0.634. The molecule has 0 saturated heterocycles. The Bertz CT molecular complexity index is 36.5. The van der Waals surface area contributed by atoms with Crippen LogP contribution >= 0.6 is 0 Å². The first-order valence-electron chi connectivity index (χ1n) is 4.41. The summed E-state index contributed by atoms with van der Waals surface area (Å²) in [7, 11) is 0. The van der Waals surface area contributed by atoms with Gasteiger partial charge in [-0.2, -0.15) is 0 Å². The van der Waals surface area contributed by atoms with E-state index < -0.39 is 6.67 Å². The minimum Gasteiger partial charge on any atom is -0.326 e. The van der Waals surface area contributed by atoms with E-state index in [-0.39, 0.29) is 6.04 Å². The molecule has 0 amide bonds. The van der Waals surface area contributed by atoms with Crippen LogP contribution in [0.1, 0.15) is 47.5 Å². The van der Waals surface area contributed by atoms with E-state index in [0.717, 1.165) is 0 Å². The Morgan fingerprint density at radius 3 is 1.18 bits per heavy atom. The van der Waals surface area contributed by atoms with Crippen molar-refractivity contribution < 1.29 is 4.39 Å². The lowest BCUT2D eigenvalue weighted by Crippen LogP contribution is -2.16. The van der Waals surface area contributed by atoms with Gasteiger partial charge in [0.1, 0.15) is 6.67 Å². The second kappa shape index (κ2) is 22.5. The SMILES string of the molecule is CC(N)CF.CCC.CCC. The van der Waals surface area contributed by atoms with Gasteiger partial charge in [0, 0.05) is 6.04 Å². The molecule has 0 fully saturated rings. The van der Waals surface area contributed by atoms with Crippen LogP contribution in [-0.2, 0) is 0 Å². The van der Waals surface area contributed by atoms with Crippen LogP contribution < -0.4 is 5.73 Å². The summed E-state index contributed by atoms with van der Waals surface area (Å²) in [6.07, 6.45) is 2.50. The molecule has 0 saturated carbocycles. The third-order valence-electron chi connectivity index (χ3n) is 0.243. The van der Waals surface area contributed by atoms with Crippen molar-refractivity contribution >= 4 is 0 Å². The highest BCUT2D eigenvalue weighted by Crippen LogP contribution is 1.70. The first-order valence-corrected chi connectivity index (χ1v) is 4.41. The van der Waals surface area contributed by atoms with Crippen LogP contribution in [0.3, 0.4) is 0 Å². The molecular formula is C9H24FN. The molecule has 72 valence electrons. The molecule has 11 heavy (non-hydrogen) atoms. The van der Waals surface area contributed by atoms with E-state index in [0.29, 0.717) is 0 Å². The predicted molar refractivity (Wildman–Crippen MR) is 51.6 cm³/mol. The molecule has 1 atom stereocenters. The zero-order chi connectivity index (χ0) is 9.70. The average molecular weight is 165 g/mol. The first-order chi connectivity index (χ1) is 5.10. The minimum absolute atomic E-state index is 0.282. The highest BCUT2D eigenvalue weighted by molar-refractivity contribution is 4.44. The molecule has 2 heteroatoms. The van der Waals surface area contributed by atoms with Crippen molar-refractivity contribution in [3.05, 3.63) is 0 Å². The molecule has 0 heterocycles. The normalized spacial score (nSPS) is 10.1. The number of nitrogens with two attached hydrogens (primary N) is 1.